The lowest BCUT2D eigenvalue weighted by Gasteiger charge is -2.17. The third-order valence-electron chi connectivity index (χ3n) is 5.06. The Hall–Kier alpha value is -3.39. The molecule has 1 aliphatic rings. The third-order valence-corrected chi connectivity index (χ3v) is 5.29. The van der Waals surface area contributed by atoms with E-state index < -0.39 is 30.4 Å². The third kappa shape index (κ3) is 6.79. The van der Waals surface area contributed by atoms with E-state index in [4.69, 9.17) is 21.1 Å². The van der Waals surface area contributed by atoms with Gasteiger partial charge in [0, 0.05) is 29.4 Å². The molecule has 3 rings (SSSR count). The maximum absolute atomic E-state index is 12.4. The molecule has 33 heavy (non-hydrogen) atoms. The number of unbranched alkanes of at least 4 members (excludes halogenated alkanes) is 1. The first-order valence-corrected chi connectivity index (χ1v) is 11.0. The van der Waals surface area contributed by atoms with Gasteiger partial charge < -0.3 is 19.7 Å². The van der Waals surface area contributed by atoms with E-state index in [0.717, 1.165) is 12.8 Å². The van der Waals surface area contributed by atoms with Crippen LogP contribution in [0.3, 0.4) is 0 Å². The molecule has 0 unspecified atom stereocenters. The second-order valence-electron chi connectivity index (χ2n) is 7.61. The summed E-state index contributed by atoms with van der Waals surface area (Å²) in [5, 5.41) is 3.05. The van der Waals surface area contributed by atoms with E-state index in [1.54, 1.807) is 48.5 Å². The van der Waals surface area contributed by atoms with E-state index in [1.807, 2.05) is 6.92 Å². The largest absolute Gasteiger partial charge is 0.462 e. The van der Waals surface area contributed by atoms with Crippen LogP contribution in [0.1, 0.15) is 36.5 Å². The number of carbonyl (C=O) groups is 4. The van der Waals surface area contributed by atoms with Crippen molar-refractivity contribution in [2.75, 3.05) is 30.0 Å². The zero-order chi connectivity index (χ0) is 23.8. The molecule has 174 valence electrons. The molecule has 0 saturated carbocycles. The van der Waals surface area contributed by atoms with Crippen LogP contribution in [0.5, 0.6) is 0 Å². The lowest BCUT2D eigenvalue weighted by molar-refractivity contribution is -0.151. The van der Waals surface area contributed by atoms with Gasteiger partial charge in [-0.2, -0.15) is 0 Å². The lowest BCUT2D eigenvalue weighted by Crippen LogP contribution is -2.28. The highest BCUT2D eigenvalue weighted by Crippen LogP contribution is 2.26. The number of amides is 2. The Labute approximate surface area is 196 Å². The van der Waals surface area contributed by atoms with Gasteiger partial charge in [-0.25, -0.2) is 4.79 Å². The van der Waals surface area contributed by atoms with Gasteiger partial charge in [0.15, 0.2) is 6.61 Å². The van der Waals surface area contributed by atoms with E-state index in [9.17, 15) is 19.2 Å². The summed E-state index contributed by atoms with van der Waals surface area (Å²) in [6.45, 7) is 2.04. The minimum atomic E-state index is -0.685. The molecule has 1 N–H and O–H groups in total. The average molecular weight is 473 g/mol. The van der Waals surface area contributed by atoms with Crippen LogP contribution in [0.15, 0.2) is 48.5 Å². The van der Waals surface area contributed by atoms with Crippen molar-refractivity contribution in [1.82, 2.24) is 0 Å². The predicted octanol–water partition coefficient (Wildman–Crippen LogP) is 3.83. The van der Waals surface area contributed by atoms with Crippen molar-refractivity contribution in [2.24, 2.45) is 5.92 Å². The van der Waals surface area contributed by atoms with Crippen molar-refractivity contribution in [3.05, 3.63) is 59.1 Å². The number of hydrogen-bond donors (Lipinski definition) is 1. The molecule has 1 fully saturated rings. The summed E-state index contributed by atoms with van der Waals surface area (Å²) in [5.74, 6) is -2.47. The van der Waals surface area contributed by atoms with Crippen molar-refractivity contribution in [1.29, 1.82) is 0 Å². The highest BCUT2D eigenvalue weighted by molar-refractivity contribution is 6.30. The Balaban J connectivity index is 1.50. The summed E-state index contributed by atoms with van der Waals surface area (Å²) < 4.78 is 10.3. The summed E-state index contributed by atoms with van der Waals surface area (Å²) in [6, 6.07) is 13.0. The highest BCUT2D eigenvalue weighted by Gasteiger charge is 2.36. The highest BCUT2D eigenvalue weighted by atomic mass is 35.5. The van der Waals surface area contributed by atoms with E-state index in [-0.39, 0.29) is 18.9 Å². The first-order chi connectivity index (χ1) is 15.9. The molecule has 2 aromatic carbocycles. The van der Waals surface area contributed by atoms with Gasteiger partial charge in [0.25, 0.3) is 5.91 Å². The van der Waals surface area contributed by atoms with Crippen LogP contribution in [-0.2, 0) is 23.9 Å². The van der Waals surface area contributed by atoms with Gasteiger partial charge in [-0.15, -0.1) is 0 Å². The smallest absolute Gasteiger partial charge is 0.338 e. The summed E-state index contributed by atoms with van der Waals surface area (Å²) in [4.78, 5) is 50.3. The van der Waals surface area contributed by atoms with Crippen molar-refractivity contribution in [3.63, 3.8) is 0 Å². The van der Waals surface area contributed by atoms with Crippen LogP contribution in [0.25, 0.3) is 0 Å². The molecule has 0 aromatic heterocycles. The van der Waals surface area contributed by atoms with Gasteiger partial charge in [0.05, 0.1) is 18.1 Å². The molecule has 1 atom stereocenters. The van der Waals surface area contributed by atoms with Crippen LogP contribution in [0.2, 0.25) is 5.02 Å². The number of carbonyl (C=O) groups excluding carboxylic acids is 4. The topological polar surface area (TPSA) is 102 Å². The Morgan fingerprint density at radius 1 is 1.12 bits per heavy atom. The number of halogens is 1. The standard InChI is InChI=1S/C24H25ClN2O6/c1-2-3-11-32-23(30)16-7-9-20(10-8-16)27-14-17(12-22(27)29)24(31)33-15-21(28)26-19-6-4-5-18(25)13-19/h4-10,13,17H,2-3,11-12,14-15H2,1H3,(H,26,28)/t17-/m0/s1. The molecule has 1 saturated heterocycles. The normalized spacial score (nSPS) is 15.3. The van der Waals surface area contributed by atoms with Crippen LogP contribution in [-0.4, -0.2) is 43.5 Å². The zero-order valence-electron chi connectivity index (χ0n) is 18.2. The molecule has 2 aromatic rings. The minimum Gasteiger partial charge on any atom is -0.462 e. The number of esters is 2. The molecule has 0 aliphatic carbocycles. The maximum atomic E-state index is 12.4. The molecule has 9 heteroatoms. The Morgan fingerprint density at radius 3 is 2.58 bits per heavy atom. The fraction of sp³-hybridized carbons (Fsp3) is 0.333. The molecule has 1 aliphatic heterocycles. The first-order valence-electron chi connectivity index (χ1n) is 10.7. The molecule has 0 bridgehead atoms. The fourth-order valence-electron chi connectivity index (χ4n) is 3.30. The second-order valence-corrected chi connectivity index (χ2v) is 8.04. The Morgan fingerprint density at radius 2 is 1.88 bits per heavy atom. The molecular formula is C24H25ClN2O6. The molecular weight excluding hydrogens is 448 g/mol. The van der Waals surface area contributed by atoms with Crippen LogP contribution in [0.4, 0.5) is 11.4 Å². The summed E-state index contributed by atoms with van der Waals surface area (Å²) in [5.41, 5.74) is 1.45. The van der Waals surface area contributed by atoms with Crippen molar-refractivity contribution < 1.29 is 28.7 Å². The molecule has 1 heterocycles. The van der Waals surface area contributed by atoms with Gasteiger partial charge in [-0.1, -0.05) is 31.0 Å². The average Bonchev–Trinajstić information content (AvgIpc) is 3.19. The maximum Gasteiger partial charge on any atom is 0.338 e. The van der Waals surface area contributed by atoms with Gasteiger partial charge in [0.1, 0.15) is 0 Å². The number of nitrogens with one attached hydrogen (secondary N) is 1. The van der Waals surface area contributed by atoms with E-state index in [1.165, 1.54) is 4.90 Å². The summed E-state index contributed by atoms with van der Waals surface area (Å²) in [7, 11) is 0. The summed E-state index contributed by atoms with van der Waals surface area (Å²) >= 11 is 5.87. The van der Waals surface area contributed by atoms with Gasteiger partial charge in [-0.05, 0) is 48.9 Å². The number of nitrogens with zero attached hydrogens (tertiary/aromatic N) is 1. The van der Waals surface area contributed by atoms with Crippen molar-refractivity contribution in [2.45, 2.75) is 26.2 Å². The van der Waals surface area contributed by atoms with Crippen LogP contribution >= 0.6 is 11.6 Å². The SMILES string of the molecule is CCCCOC(=O)c1ccc(N2C[C@@H](C(=O)OCC(=O)Nc3cccc(Cl)c3)CC2=O)cc1. The van der Waals surface area contributed by atoms with Crippen LogP contribution in [0, 0.1) is 5.92 Å². The predicted molar refractivity (Wildman–Crippen MR) is 123 cm³/mol. The monoisotopic (exact) mass is 472 g/mol. The second kappa shape index (κ2) is 11.5. The first kappa shape index (κ1) is 24.3. The molecule has 0 spiro atoms. The molecule has 2 amide bonds. The van der Waals surface area contributed by atoms with E-state index >= 15 is 0 Å². The van der Waals surface area contributed by atoms with E-state index in [2.05, 4.69) is 5.32 Å². The van der Waals surface area contributed by atoms with Crippen molar-refractivity contribution in [3.8, 4) is 0 Å². The number of benzene rings is 2. The Bertz CT molecular complexity index is 1020. The number of rotatable bonds is 9. The molecule has 8 nitrogen and oxygen atoms in total. The number of ether oxygens (including phenoxy) is 2. The lowest BCUT2D eigenvalue weighted by atomic mass is 10.1. The van der Waals surface area contributed by atoms with Gasteiger partial charge in [0.2, 0.25) is 5.91 Å². The quantitative estimate of drug-likeness (QED) is 0.439. The summed E-state index contributed by atoms with van der Waals surface area (Å²) in [6.07, 6.45) is 1.71. The minimum absolute atomic E-state index is 0.0183. The molecule has 0 radical (unpaired) electrons. The number of anilines is 2. The number of hydrogen-bond acceptors (Lipinski definition) is 6. The Kier molecular flexibility index (Phi) is 8.43. The van der Waals surface area contributed by atoms with Crippen molar-refractivity contribution >= 4 is 46.7 Å². The fourth-order valence-corrected chi connectivity index (χ4v) is 3.49. The van der Waals surface area contributed by atoms with E-state index in [0.29, 0.717) is 28.6 Å². The van der Waals surface area contributed by atoms with Gasteiger partial charge in [-0.3, -0.25) is 14.4 Å². The van der Waals surface area contributed by atoms with Gasteiger partial charge >= 0.3 is 11.9 Å². The zero-order valence-corrected chi connectivity index (χ0v) is 19.0. The van der Waals surface area contributed by atoms with Crippen LogP contribution < -0.4 is 10.2 Å².